The molecule has 0 aromatic rings. The lowest BCUT2D eigenvalue weighted by atomic mass is 9.83. The van der Waals surface area contributed by atoms with Gasteiger partial charge < -0.3 is 15.5 Å². The van der Waals surface area contributed by atoms with Crippen molar-refractivity contribution in [3.63, 3.8) is 0 Å². The molecule has 2 aliphatic carbocycles. The molecule has 108 valence electrons. The molecule has 0 spiro atoms. The predicted molar refractivity (Wildman–Crippen MR) is 75.6 cm³/mol. The average molecular weight is 265 g/mol. The Bertz CT molecular complexity index is 347. The van der Waals surface area contributed by atoms with Crippen LogP contribution < -0.4 is 5.73 Å². The van der Waals surface area contributed by atoms with Crippen LogP contribution in [0, 0.1) is 17.8 Å². The van der Waals surface area contributed by atoms with Gasteiger partial charge in [0.25, 0.3) is 0 Å². The smallest absolute Gasteiger partial charge is 0.227 e. The highest BCUT2D eigenvalue weighted by atomic mass is 16.2. The van der Waals surface area contributed by atoms with E-state index in [1.165, 1.54) is 19.3 Å². The van der Waals surface area contributed by atoms with Gasteiger partial charge in [-0.3, -0.25) is 4.79 Å². The van der Waals surface area contributed by atoms with Crippen molar-refractivity contribution in [1.29, 1.82) is 0 Å². The maximum atomic E-state index is 12.7. The van der Waals surface area contributed by atoms with E-state index in [1.54, 1.807) is 0 Å². The number of nitrogens with two attached hydrogens (primary N) is 1. The Morgan fingerprint density at radius 1 is 1.11 bits per heavy atom. The third-order valence-electron chi connectivity index (χ3n) is 5.77. The molecule has 3 fully saturated rings. The molecule has 0 aromatic heterocycles. The topological polar surface area (TPSA) is 49.6 Å². The summed E-state index contributed by atoms with van der Waals surface area (Å²) in [4.78, 5) is 17.1. The molecule has 1 heterocycles. The van der Waals surface area contributed by atoms with Crippen LogP contribution in [0.15, 0.2) is 0 Å². The number of amides is 1. The molecule has 0 aromatic carbocycles. The second-order valence-corrected chi connectivity index (χ2v) is 6.96. The number of carbonyl (C=O) groups is 1. The minimum absolute atomic E-state index is 0.134. The van der Waals surface area contributed by atoms with Crippen LogP contribution in [0.25, 0.3) is 0 Å². The molecule has 2 N–H and O–H groups in total. The van der Waals surface area contributed by atoms with Crippen molar-refractivity contribution in [2.75, 3.05) is 27.2 Å². The van der Waals surface area contributed by atoms with Gasteiger partial charge in [-0.15, -0.1) is 0 Å². The van der Waals surface area contributed by atoms with E-state index in [1.807, 2.05) is 0 Å². The molecule has 4 nitrogen and oxygen atoms in total. The fraction of sp³-hybridized carbons (Fsp3) is 0.933. The van der Waals surface area contributed by atoms with Gasteiger partial charge in [0.15, 0.2) is 0 Å². The Morgan fingerprint density at radius 3 is 2.26 bits per heavy atom. The van der Waals surface area contributed by atoms with Crippen LogP contribution in [0.5, 0.6) is 0 Å². The van der Waals surface area contributed by atoms with Gasteiger partial charge in [0, 0.05) is 25.2 Å². The summed E-state index contributed by atoms with van der Waals surface area (Å²) in [5.41, 5.74) is 6.29. The zero-order valence-electron chi connectivity index (χ0n) is 12.2. The van der Waals surface area contributed by atoms with Gasteiger partial charge in [0.2, 0.25) is 5.91 Å². The lowest BCUT2D eigenvalue weighted by Crippen LogP contribution is -2.51. The Labute approximate surface area is 116 Å². The van der Waals surface area contributed by atoms with Crippen LogP contribution in [0.3, 0.4) is 0 Å². The molecule has 3 rings (SSSR count). The summed E-state index contributed by atoms with van der Waals surface area (Å²) < 4.78 is 0. The highest BCUT2D eigenvalue weighted by molar-refractivity contribution is 5.80. The molecule has 4 atom stereocenters. The number of rotatable bonds is 2. The molecule has 1 saturated heterocycles. The van der Waals surface area contributed by atoms with Gasteiger partial charge >= 0.3 is 0 Å². The van der Waals surface area contributed by atoms with Crippen LogP contribution in [0.1, 0.15) is 32.1 Å². The highest BCUT2D eigenvalue weighted by Crippen LogP contribution is 2.48. The fourth-order valence-corrected chi connectivity index (χ4v) is 4.52. The van der Waals surface area contributed by atoms with Crippen LogP contribution in [0.4, 0.5) is 0 Å². The number of carbonyl (C=O) groups excluding carboxylic acids is 1. The van der Waals surface area contributed by atoms with E-state index in [0.717, 1.165) is 25.9 Å². The van der Waals surface area contributed by atoms with Crippen molar-refractivity contribution in [1.82, 2.24) is 9.80 Å². The maximum absolute atomic E-state index is 12.7. The van der Waals surface area contributed by atoms with Crippen molar-refractivity contribution in [2.24, 2.45) is 23.5 Å². The summed E-state index contributed by atoms with van der Waals surface area (Å²) in [6.07, 6.45) is 5.89. The first-order valence-corrected chi connectivity index (χ1v) is 7.78. The Balaban J connectivity index is 1.60. The third-order valence-corrected chi connectivity index (χ3v) is 5.77. The lowest BCUT2D eigenvalue weighted by Gasteiger charge is -2.38. The zero-order valence-corrected chi connectivity index (χ0v) is 12.2. The minimum Gasteiger partial charge on any atom is -0.342 e. The quantitative estimate of drug-likeness (QED) is 0.807. The summed E-state index contributed by atoms with van der Waals surface area (Å²) in [6.45, 7) is 1.84. The zero-order chi connectivity index (χ0) is 13.6. The Kier molecular flexibility index (Phi) is 3.56. The van der Waals surface area contributed by atoms with Crippen LogP contribution >= 0.6 is 0 Å². The van der Waals surface area contributed by atoms with Gasteiger partial charge in [-0.2, -0.15) is 0 Å². The predicted octanol–water partition coefficient (Wildman–Crippen LogP) is 0.912. The molecule has 3 aliphatic rings. The van der Waals surface area contributed by atoms with Gasteiger partial charge in [-0.25, -0.2) is 0 Å². The lowest BCUT2D eigenvalue weighted by molar-refractivity contribution is -0.139. The summed E-state index contributed by atoms with van der Waals surface area (Å²) in [6, 6.07) is 0.774. The van der Waals surface area contributed by atoms with E-state index in [9.17, 15) is 4.79 Å². The van der Waals surface area contributed by atoms with E-state index < -0.39 is 0 Å². The largest absolute Gasteiger partial charge is 0.342 e. The molecule has 2 saturated carbocycles. The number of piperidine rings is 1. The van der Waals surface area contributed by atoms with E-state index in [2.05, 4.69) is 23.9 Å². The first-order chi connectivity index (χ1) is 9.08. The molecular weight excluding hydrogens is 238 g/mol. The molecular formula is C15H27N3O. The first kappa shape index (κ1) is 13.4. The van der Waals surface area contributed by atoms with Crippen molar-refractivity contribution >= 4 is 5.91 Å². The molecule has 4 unspecified atom stereocenters. The monoisotopic (exact) mass is 265 g/mol. The van der Waals surface area contributed by atoms with Gasteiger partial charge in [-0.05, 0) is 58.0 Å². The highest BCUT2D eigenvalue weighted by Gasteiger charge is 2.50. The number of hydrogen-bond acceptors (Lipinski definition) is 3. The van der Waals surface area contributed by atoms with Crippen molar-refractivity contribution < 1.29 is 4.79 Å². The van der Waals surface area contributed by atoms with Crippen molar-refractivity contribution in [2.45, 2.75) is 44.2 Å². The van der Waals surface area contributed by atoms with Crippen LogP contribution in [-0.2, 0) is 4.79 Å². The normalized spacial score (nSPS) is 39.3. The SMILES string of the molecule is CN(C)C1CCN(C(=O)C2C3CCC(C3)C2N)CC1. The van der Waals surface area contributed by atoms with Gasteiger partial charge in [0.05, 0.1) is 5.92 Å². The number of hydrogen-bond donors (Lipinski definition) is 1. The maximum Gasteiger partial charge on any atom is 0.227 e. The second kappa shape index (κ2) is 5.06. The molecule has 4 heteroatoms. The van der Waals surface area contributed by atoms with Crippen molar-refractivity contribution in [3.8, 4) is 0 Å². The second-order valence-electron chi connectivity index (χ2n) is 6.96. The third kappa shape index (κ3) is 2.29. The van der Waals surface area contributed by atoms with Crippen LogP contribution in [-0.4, -0.2) is 55.0 Å². The van der Waals surface area contributed by atoms with E-state index in [0.29, 0.717) is 23.8 Å². The first-order valence-electron chi connectivity index (χ1n) is 7.78. The number of likely N-dealkylation sites (tertiary alicyclic amines) is 1. The van der Waals surface area contributed by atoms with Crippen molar-refractivity contribution in [3.05, 3.63) is 0 Å². The average Bonchev–Trinajstić information content (AvgIpc) is 2.99. The minimum atomic E-state index is 0.134. The molecule has 19 heavy (non-hydrogen) atoms. The Morgan fingerprint density at radius 2 is 1.74 bits per heavy atom. The van der Waals surface area contributed by atoms with Gasteiger partial charge in [0.1, 0.15) is 0 Å². The summed E-state index contributed by atoms with van der Waals surface area (Å²) >= 11 is 0. The van der Waals surface area contributed by atoms with Crippen LogP contribution in [0.2, 0.25) is 0 Å². The van der Waals surface area contributed by atoms with E-state index in [-0.39, 0.29) is 12.0 Å². The fourth-order valence-electron chi connectivity index (χ4n) is 4.52. The molecule has 1 amide bonds. The molecule has 2 bridgehead atoms. The molecule has 1 aliphatic heterocycles. The summed E-state index contributed by atoms with van der Waals surface area (Å²) in [5.74, 6) is 1.70. The summed E-state index contributed by atoms with van der Waals surface area (Å²) in [5, 5.41) is 0. The van der Waals surface area contributed by atoms with E-state index >= 15 is 0 Å². The van der Waals surface area contributed by atoms with E-state index in [4.69, 9.17) is 5.73 Å². The van der Waals surface area contributed by atoms with Gasteiger partial charge in [-0.1, -0.05) is 0 Å². The Hall–Kier alpha value is -0.610. The standard InChI is InChI=1S/C15H27N3O/c1-17(2)12-5-7-18(8-6-12)15(19)13-10-3-4-11(9-10)14(13)16/h10-14H,3-9,16H2,1-2H3. The number of nitrogens with zero attached hydrogens (tertiary/aromatic N) is 2. The number of fused-ring (bicyclic) bond motifs is 2. The molecule has 0 radical (unpaired) electrons. The summed E-state index contributed by atoms with van der Waals surface area (Å²) in [7, 11) is 4.27.